The molecule has 10 N–H and O–H groups in total. The molecule has 20 nitrogen and oxygen atoms in total. The Bertz CT molecular complexity index is 2140. The van der Waals surface area contributed by atoms with Crippen LogP contribution in [0.4, 0.5) is 0 Å². The number of unbranched alkanes of at least 4 members (excludes halogenated alkanes) is 6. The molecular weight excluding hydrogens is 1130 g/mol. The minimum atomic E-state index is -4.98. The van der Waals surface area contributed by atoms with Gasteiger partial charge in [0.05, 0.1) is 73.8 Å². The van der Waals surface area contributed by atoms with E-state index >= 15 is 0 Å². The minimum Gasteiger partial charge on any atom is -0.394 e. The summed E-state index contributed by atoms with van der Waals surface area (Å²) in [6.45, 7) is 13.3. The molecule has 0 radical (unpaired) electrons. The average molecular weight is 1240 g/mol. The zero-order valence-electron chi connectivity index (χ0n) is 51.7. The molecule has 0 amide bonds. The monoisotopic (exact) mass is 1240 g/mol. The van der Waals surface area contributed by atoms with E-state index < -0.39 is 115 Å². The highest BCUT2D eigenvalue weighted by Gasteiger charge is 2.46. The highest BCUT2D eigenvalue weighted by Crippen LogP contribution is 2.36. The first-order valence-electron chi connectivity index (χ1n) is 32.2. The fourth-order valence-electron chi connectivity index (χ4n) is 11.6. The molecule has 21 heteroatoms. The number of ether oxygens (including phenoxy) is 5. The second-order valence-electron chi connectivity index (χ2n) is 25.1. The molecule has 0 aliphatic carbocycles. The first-order chi connectivity index (χ1) is 41.0. The number of hydrogen-bond donors (Lipinski definition) is 10. The SMILES string of the molecule is C=CCC[C@@H]1O[C@H]1CC(=C)CC[C@@H]1O[C@H]1CCCC/C=C/CC/C=C/C[C@@H](C)/C=C/C[C@@H](C)CCCCCCC(=O)CCC[C@@H](C[C@H](O)CC(=O)[C@@H](O)CCC[C@H](O)[C@H]1C[C@@H](O)[C@H](OS(=O)(=O)O)[C@@H](C[C@@H](C)O)O1)O[C@@H]1O[C@H](CO)[C@@H](O)[C@H](O)[C@H]1O. The lowest BCUT2D eigenvalue weighted by molar-refractivity contribution is -0.313. The van der Waals surface area contributed by atoms with Crippen molar-refractivity contribution in [3.63, 3.8) is 0 Å². The third kappa shape index (κ3) is 30.9. The van der Waals surface area contributed by atoms with Crippen molar-refractivity contribution >= 4 is 22.0 Å². The molecule has 0 aromatic carbocycles. The number of rotatable bonds is 49. The molecule has 4 heterocycles. The van der Waals surface area contributed by atoms with Crippen LogP contribution in [-0.4, -0.2) is 187 Å². The van der Waals surface area contributed by atoms with Crippen LogP contribution in [0.5, 0.6) is 0 Å². The fourth-order valence-corrected chi connectivity index (χ4v) is 12.1. The summed E-state index contributed by atoms with van der Waals surface area (Å²) in [5, 5.41) is 94.1. The number of epoxide rings is 2. The van der Waals surface area contributed by atoms with Crippen LogP contribution in [0.2, 0.25) is 0 Å². The molecule has 4 saturated heterocycles. The number of allylic oxidation sites excluding steroid dienone is 7. The van der Waals surface area contributed by atoms with Gasteiger partial charge in [-0.3, -0.25) is 14.1 Å². The number of ketones is 2. The molecule has 20 atom stereocenters. The van der Waals surface area contributed by atoms with Gasteiger partial charge in [-0.2, -0.15) is 8.42 Å². The molecule has 0 unspecified atom stereocenters. The Labute approximate surface area is 513 Å². The number of carbonyl (C=O) groups is 2. The molecule has 4 aliphatic heterocycles. The van der Waals surface area contributed by atoms with E-state index in [9.17, 15) is 64.0 Å². The van der Waals surface area contributed by atoms with Crippen LogP contribution in [0.15, 0.2) is 61.3 Å². The Morgan fingerprint density at radius 2 is 1.35 bits per heavy atom. The smallest absolute Gasteiger partial charge is 0.394 e. The minimum absolute atomic E-state index is 0.0204. The summed E-state index contributed by atoms with van der Waals surface area (Å²) in [6.07, 6.45) is 17.0. The van der Waals surface area contributed by atoms with Crippen LogP contribution in [0.25, 0.3) is 0 Å². The van der Waals surface area contributed by atoms with Gasteiger partial charge >= 0.3 is 10.4 Å². The molecular formula is C65H110O20S. The van der Waals surface area contributed by atoms with Crippen LogP contribution in [-0.2, 0) is 47.9 Å². The predicted octanol–water partition coefficient (Wildman–Crippen LogP) is 7.62. The zero-order chi connectivity index (χ0) is 63.2. The van der Waals surface area contributed by atoms with Gasteiger partial charge in [-0.05, 0) is 134 Å². The van der Waals surface area contributed by atoms with Crippen molar-refractivity contribution in [1.29, 1.82) is 0 Å². The van der Waals surface area contributed by atoms with E-state index in [1.165, 1.54) is 25.3 Å². The topological polar surface area (TPSA) is 333 Å². The summed E-state index contributed by atoms with van der Waals surface area (Å²) in [7, 11) is -4.98. The van der Waals surface area contributed by atoms with Crippen LogP contribution in [0, 0.1) is 11.8 Å². The van der Waals surface area contributed by atoms with Crippen molar-refractivity contribution in [1.82, 2.24) is 0 Å². The van der Waals surface area contributed by atoms with Gasteiger partial charge in [0, 0.05) is 38.5 Å². The largest absolute Gasteiger partial charge is 0.397 e. The molecule has 4 fully saturated rings. The Balaban J connectivity index is 1.04. The van der Waals surface area contributed by atoms with Gasteiger partial charge in [-0.15, -0.1) is 6.58 Å². The number of carbonyl (C=O) groups excluding carboxylic acids is 2. The second kappa shape index (κ2) is 41.0. The van der Waals surface area contributed by atoms with Crippen molar-refractivity contribution in [2.24, 2.45) is 11.8 Å². The predicted molar refractivity (Wildman–Crippen MR) is 326 cm³/mol. The summed E-state index contributed by atoms with van der Waals surface area (Å²) >= 11 is 0. The highest BCUT2D eigenvalue weighted by atomic mass is 32.3. The Morgan fingerprint density at radius 3 is 2.07 bits per heavy atom. The molecule has 4 rings (SSSR count). The van der Waals surface area contributed by atoms with E-state index in [0.717, 1.165) is 103 Å². The average Bonchev–Trinajstić information content (AvgIpc) is 2.65. The molecule has 0 saturated carbocycles. The Morgan fingerprint density at radius 1 is 0.663 bits per heavy atom. The first kappa shape index (κ1) is 75.8. The summed E-state index contributed by atoms with van der Waals surface area (Å²) < 4.78 is 65.4. The molecule has 0 aromatic heterocycles. The summed E-state index contributed by atoms with van der Waals surface area (Å²) in [5.41, 5.74) is 1.29. The first-order valence-corrected chi connectivity index (χ1v) is 33.6. The van der Waals surface area contributed by atoms with E-state index in [1.54, 1.807) is 0 Å². The van der Waals surface area contributed by atoms with Crippen molar-refractivity contribution < 1.29 is 96.4 Å². The maximum absolute atomic E-state index is 13.1. The quantitative estimate of drug-likeness (QED) is 0.0121. The van der Waals surface area contributed by atoms with Gasteiger partial charge in [0.1, 0.15) is 42.4 Å². The maximum atomic E-state index is 13.1. The number of aliphatic hydroxyl groups excluding tert-OH is 9. The number of hydrogen-bond acceptors (Lipinski definition) is 19. The van der Waals surface area contributed by atoms with E-state index in [-0.39, 0.29) is 57.1 Å². The summed E-state index contributed by atoms with van der Waals surface area (Å²) in [6, 6.07) is 0. The maximum Gasteiger partial charge on any atom is 0.397 e. The van der Waals surface area contributed by atoms with Crippen molar-refractivity contribution in [3.8, 4) is 0 Å². The lowest BCUT2D eigenvalue weighted by atomic mass is 9.90. The van der Waals surface area contributed by atoms with Gasteiger partial charge < -0.3 is 69.6 Å². The molecule has 86 heavy (non-hydrogen) atoms. The molecule has 0 spiro atoms. The van der Waals surface area contributed by atoms with Gasteiger partial charge in [-0.25, -0.2) is 4.18 Å². The lowest BCUT2D eigenvalue weighted by Gasteiger charge is -2.41. The van der Waals surface area contributed by atoms with Crippen molar-refractivity contribution in [2.75, 3.05) is 6.61 Å². The summed E-state index contributed by atoms with van der Waals surface area (Å²) in [5.74, 6) is 0.381. The normalized spacial score (nSPS) is 29.4. The van der Waals surface area contributed by atoms with Gasteiger partial charge in [0.15, 0.2) is 12.1 Å². The molecule has 496 valence electrons. The zero-order valence-corrected chi connectivity index (χ0v) is 52.5. The van der Waals surface area contributed by atoms with Gasteiger partial charge in [0.2, 0.25) is 0 Å². The van der Waals surface area contributed by atoms with E-state index in [2.05, 4.69) is 67.6 Å². The van der Waals surface area contributed by atoms with E-state index in [4.69, 9.17) is 28.2 Å². The van der Waals surface area contributed by atoms with Gasteiger partial charge in [0.25, 0.3) is 0 Å². The van der Waals surface area contributed by atoms with E-state index in [0.29, 0.717) is 49.1 Å². The lowest BCUT2D eigenvalue weighted by Crippen LogP contribution is -2.59. The second-order valence-corrected chi connectivity index (χ2v) is 26.1. The third-order valence-corrected chi connectivity index (χ3v) is 17.4. The molecule has 0 aromatic rings. The molecule has 4 aliphatic rings. The van der Waals surface area contributed by atoms with Crippen molar-refractivity contribution in [3.05, 3.63) is 61.3 Å². The van der Waals surface area contributed by atoms with Crippen molar-refractivity contribution in [2.45, 2.75) is 317 Å². The van der Waals surface area contributed by atoms with Crippen LogP contribution >= 0.6 is 0 Å². The highest BCUT2D eigenvalue weighted by molar-refractivity contribution is 7.80. The third-order valence-electron chi connectivity index (χ3n) is 16.9. The standard InChI is InChI=1S/C65H110O20S/c1-6-7-33-55-58(82-55)37-45(4)35-36-56-54(81-56)34-20-14-12-10-8-9-11-13-17-24-43(2)26-21-27-44(3)25-18-15-16-19-28-47(68)29-22-30-49(80-65-63(76)62(75)61(74)60(42-66)84-65)39-48(69)40-52(72)50(70)31-23-32-51(71)57-41-53(73)64(85-86(77,78)79)59(83-57)38-46(5)67/h6,8,10,13,17,21,26,43-44,46,48-51,53-67,69-71,73-76H,1,4,7,9,11-12,14-16,18-20,22-25,27-42H2,2-3,5H3,(H,77,78,79)/b10-8+,17-13+,26-21+/t43-,44+,46-,48+,49+,50+,51+,53-,54+,55+,56+,57-,58+,59-,60-,61-,62+,63-,64+,65-/m1/s1. The van der Waals surface area contributed by atoms with Gasteiger partial charge in [-0.1, -0.05) is 101 Å². The fraction of sp³-hybridized carbons (Fsp3) is 0.815. The van der Waals surface area contributed by atoms with E-state index in [1.807, 2.05) is 6.08 Å². The number of aliphatic hydroxyl groups is 9. The Hall–Kier alpha value is -2.65. The van der Waals surface area contributed by atoms with Crippen LogP contribution in [0.1, 0.15) is 207 Å². The van der Waals surface area contributed by atoms with Crippen LogP contribution in [0.3, 0.4) is 0 Å². The molecule has 0 bridgehead atoms. The number of Topliss-reactive ketones (excluding diaryl/α,β-unsaturated/α-hetero) is 2. The Kier molecular flexibility index (Phi) is 36.1. The van der Waals surface area contributed by atoms with Crippen LogP contribution < -0.4 is 0 Å². The summed E-state index contributed by atoms with van der Waals surface area (Å²) in [4.78, 5) is 26.0.